The quantitative estimate of drug-likeness (QED) is 0.423. The van der Waals surface area contributed by atoms with Gasteiger partial charge in [0.15, 0.2) is 5.78 Å². The van der Waals surface area contributed by atoms with Gasteiger partial charge < -0.3 is 0 Å². The van der Waals surface area contributed by atoms with E-state index >= 15 is 0 Å². The maximum Gasteiger partial charge on any atom is 0.170 e. The minimum Gasteiger partial charge on any atom is -0.300 e. The van der Waals surface area contributed by atoms with Crippen molar-refractivity contribution < 1.29 is 9.59 Å². The third kappa shape index (κ3) is 6.12. The van der Waals surface area contributed by atoms with E-state index in [1.807, 2.05) is 6.07 Å². The fraction of sp³-hybridized carbons (Fsp3) is 0.200. The Labute approximate surface area is 128 Å². The molecule has 64 valence electrons. The molecule has 0 spiro atoms. The Morgan fingerprint density at radius 1 is 1.07 bits per heavy atom. The zero-order chi connectivity index (χ0) is 8.97. The average Bonchev–Trinajstić information content (AvgIpc) is 2.05. The van der Waals surface area contributed by atoms with Crippen LogP contribution in [-0.2, 0) is 4.79 Å². The topological polar surface area (TPSA) is 34.1 Å². The first-order valence-corrected chi connectivity index (χ1v) is 3.78. The molecule has 4 heteroatoms. The molecule has 0 aliphatic heterocycles. The van der Waals surface area contributed by atoms with Crippen molar-refractivity contribution in [3.05, 3.63) is 35.9 Å². The zero-order valence-corrected chi connectivity index (χ0v) is 12.9. The number of ketones is 2. The van der Waals surface area contributed by atoms with Crippen molar-refractivity contribution in [3.63, 3.8) is 0 Å². The van der Waals surface area contributed by atoms with Crippen LogP contribution >= 0.6 is 0 Å². The van der Waals surface area contributed by atoms with E-state index < -0.39 is 0 Å². The summed E-state index contributed by atoms with van der Waals surface area (Å²) >= 11 is 0. The van der Waals surface area contributed by atoms with Gasteiger partial charge in [0, 0.05) is 64.7 Å². The van der Waals surface area contributed by atoms with Gasteiger partial charge in [-0.1, -0.05) is 30.3 Å². The molecular weight excluding hydrogens is 198 g/mol. The van der Waals surface area contributed by atoms with Crippen molar-refractivity contribution in [1.29, 1.82) is 0 Å². The third-order valence-corrected chi connectivity index (χ3v) is 1.51. The van der Waals surface area contributed by atoms with Crippen molar-refractivity contribution in [2.75, 3.05) is 0 Å². The second-order valence-corrected chi connectivity index (χ2v) is 2.67. The van der Waals surface area contributed by atoms with E-state index in [1.54, 1.807) is 24.3 Å². The molecule has 0 aliphatic carbocycles. The molecule has 2 radical (unpaired) electrons. The molecule has 0 heterocycles. The first kappa shape index (κ1) is 17.0. The van der Waals surface area contributed by atoms with Gasteiger partial charge in [0.1, 0.15) is 5.78 Å². The first-order chi connectivity index (χ1) is 5.70. The van der Waals surface area contributed by atoms with Gasteiger partial charge >= 0.3 is 0 Å². The van der Waals surface area contributed by atoms with E-state index in [2.05, 4.69) is 0 Å². The number of Topliss-reactive ketones (excluding diaryl/α,β-unsaturated/α-hetero) is 2. The van der Waals surface area contributed by atoms with Crippen LogP contribution in [0.2, 0.25) is 0 Å². The van der Waals surface area contributed by atoms with Gasteiger partial charge in [-0.2, -0.15) is 0 Å². The normalized spacial score (nSPS) is 8.07. The number of hydrogen-bond acceptors (Lipinski definition) is 2. The van der Waals surface area contributed by atoms with Gasteiger partial charge in [-0.05, 0) is 6.92 Å². The summed E-state index contributed by atoms with van der Waals surface area (Å²) in [6.45, 7) is 1.42. The minimum absolute atomic E-state index is 0. The fourth-order valence-electron chi connectivity index (χ4n) is 0.952. The molecule has 0 bridgehead atoms. The summed E-state index contributed by atoms with van der Waals surface area (Å²) in [5.41, 5.74) is 0.604. The van der Waals surface area contributed by atoms with Gasteiger partial charge in [0.25, 0.3) is 0 Å². The Morgan fingerprint density at radius 3 is 2.00 bits per heavy atom. The minimum atomic E-state index is -0.108. The number of rotatable bonds is 3. The summed E-state index contributed by atoms with van der Waals surface area (Å²) in [5, 5.41) is 0. The molecule has 1 aromatic rings. The average molecular weight is 208 g/mol. The summed E-state index contributed by atoms with van der Waals surface area (Å²) in [4.78, 5) is 21.8. The van der Waals surface area contributed by atoms with E-state index in [0.717, 1.165) is 0 Å². The van der Waals surface area contributed by atoms with Crippen molar-refractivity contribution in [1.82, 2.24) is 0 Å². The van der Waals surface area contributed by atoms with E-state index in [9.17, 15) is 9.59 Å². The largest absolute Gasteiger partial charge is 0.300 e. The van der Waals surface area contributed by atoms with Crippen molar-refractivity contribution in [2.45, 2.75) is 13.3 Å². The van der Waals surface area contributed by atoms with Gasteiger partial charge in [0.2, 0.25) is 0 Å². The molecule has 1 rings (SSSR count). The molecule has 0 atom stereocenters. The van der Waals surface area contributed by atoms with Gasteiger partial charge in [-0.25, -0.2) is 0 Å². The van der Waals surface area contributed by atoms with E-state index in [-0.39, 0.29) is 77.1 Å². The van der Waals surface area contributed by atoms with Crippen LogP contribution in [0.4, 0.5) is 0 Å². The Hall–Kier alpha value is 0.560. The summed E-state index contributed by atoms with van der Waals surface area (Å²) in [6.07, 6.45) is 0.00398. The molecule has 2 nitrogen and oxygen atoms in total. The molecule has 0 saturated carbocycles. The monoisotopic (exact) mass is 208 g/mol. The predicted octanol–water partition coefficient (Wildman–Crippen LogP) is 1.09. The summed E-state index contributed by atoms with van der Waals surface area (Å²) in [5.74, 6) is -0.202. The molecule has 0 saturated heterocycles. The Morgan fingerprint density at radius 2 is 1.57 bits per heavy atom. The molecule has 1 aromatic carbocycles. The van der Waals surface area contributed by atoms with Crippen molar-refractivity contribution in [2.24, 2.45) is 0 Å². The van der Waals surface area contributed by atoms with Crippen LogP contribution in [0.5, 0.6) is 0 Å². The van der Waals surface area contributed by atoms with Crippen molar-refractivity contribution in [3.8, 4) is 0 Å². The third-order valence-electron chi connectivity index (χ3n) is 1.51. The van der Waals surface area contributed by atoms with E-state index in [0.29, 0.717) is 5.56 Å². The van der Waals surface area contributed by atoms with Crippen LogP contribution in [0.3, 0.4) is 0 Å². The van der Waals surface area contributed by atoms with Gasteiger partial charge in [0.05, 0.1) is 6.42 Å². The second kappa shape index (κ2) is 8.84. The number of carbonyl (C=O) groups excluding carboxylic acids is 2. The Kier molecular flexibility index (Phi) is 10.7. The SMILES string of the molecule is CC(=O)CC(=O)c1ccccc1.[Na].[Na]. The standard InChI is InChI=1S/C10H10O2.2Na/c1-8(11)7-10(12)9-5-3-2-4-6-9;;/h2-6H,7H2,1H3;;. The smallest absolute Gasteiger partial charge is 0.170 e. The van der Waals surface area contributed by atoms with Crippen LogP contribution in [0, 0.1) is 0 Å². The van der Waals surface area contributed by atoms with E-state index in [4.69, 9.17) is 0 Å². The number of hydrogen-bond donors (Lipinski definition) is 0. The zero-order valence-electron chi connectivity index (χ0n) is 8.91. The maximum absolute atomic E-state index is 11.2. The first-order valence-electron chi connectivity index (χ1n) is 3.78. The van der Waals surface area contributed by atoms with Crippen LogP contribution in [0.25, 0.3) is 0 Å². The van der Waals surface area contributed by atoms with E-state index in [1.165, 1.54) is 6.92 Å². The van der Waals surface area contributed by atoms with Gasteiger partial charge in [-0.15, -0.1) is 0 Å². The molecule has 0 unspecified atom stereocenters. The van der Waals surface area contributed by atoms with Crippen molar-refractivity contribution >= 4 is 70.7 Å². The molecule has 0 N–H and O–H groups in total. The van der Waals surface area contributed by atoms with Crippen LogP contribution in [0.1, 0.15) is 23.7 Å². The molecule has 0 fully saturated rings. The summed E-state index contributed by atoms with van der Waals surface area (Å²) < 4.78 is 0. The Bertz CT molecular complexity index is 296. The summed E-state index contributed by atoms with van der Waals surface area (Å²) in [6, 6.07) is 8.84. The molecule has 0 aliphatic rings. The number of carbonyl (C=O) groups is 2. The molecular formula is C10H10Na2O2. The molecule has 0 aromatic heterocycles. The van der Waals surface area contributed by atoms with Crippen LogP contribution in [-0.4, -0.2) is 70.7 Å². The molecule has 0 amide bonds. The second-order valence-electron chi connectivity index (χ2n) is 2.67. The van der Waals surface area contributed by atoms with Gasteiger partial charge in [-0.3, -0.25) is 9.59 Å². The Balaban J connectivity index is 0. The van der Waals surface area contributed by atoms with Crippen LogP contribution in [0.15, 0.2) is 30.3 Å². The molecule has 14 heavy (non-hydrogen) atoms. The summed E-state index contributed by atoms with van der Waals surface area (Å²) in [7, 11) is 0. The fourth-order valence-corrected chi connectivity index (χ4v) is 0.952. The predicted molar refractivity (Wildman–Crippen MR) is 57.6 cm³/mol. The number of benzene rings is 1. The maximum atomic E-state index is 11.2. The van der Waals surface area contributed by atoms with Crippen LogP contribution < -0.4 is 0 Å².